The van der Waals surface area contributed by atoms with E-state index >= 15 is 0 Å². The van der Waals surface area contributed by atoms with Crippen LogP contribution in [0.1, 0.15) is 22.9 Å². The number of benzene rings is 1. The quantitative estimate of drug-likeness (QED) is 0.769. The summed E-state index contributed by atoms with van der Waals surface area (Å²) in [5.74, 6) is -0.0676. The zero-order chi connectivity index (χ0) is 10.7. The van der Waals surface area contributed by atoms with Gasteiger partial charge < -0.3 is 0 Å². The smallest absolute Gasteiger partial charge is 0.147 e. The lowest BCUT2D eigenvalue weighted by Crippen LogP contribution is -2.04. The van der Waals surface area contributed by atoms with Crippen LogP contribution in [-0.2, 0) is 11.5 Å². The molecule has 0 aromatic heterocycles. The van der Waals surface area contributed by atoms with Crippen LogP contribution in [0, 0.1) is 0 Å². The molecule has 1 nitrogen and oxygen atoms in total. The Morgan fingerprint density at radius 3 is 2.79 bits per heavy atom. The van der Waals surface area contributed by atoms with Crippen molar-refractivity contribution >= 4 is 33.3 Å². The molecule has 0 amide bonds. The van der Waals surface area contributed by atoms with Crippen LogP contribution in [0.5, 0.6) is 0 Å². The van der Waals surface area contributed by atoms with Crippen molar-refractivity contribution in [2.75, 3.05) is 0 Å². The van der Waals surface area contributed by atoms with Crippen LogP contribution in [0.2, 0.25) is 5.02 Å². The Labute approximate surface area is 95.4 Å². The summed E-state index contributed by atoms with van der Waals surface area (Å²) < 4.78 is 12.6. The molecular formula is C10H9BrClFO. The number of Topliss-reactive ketones (excluding diaryl/α,β-unsaturated/α-hetero) is 1. The summed E-state index contributed by atoms with van der Waals surface area (Å²) in [6.45, 7) is 0.851. The van der Waals surface area contributed by atoms with Gasteiger partial charge in [-0.05, 0) is 30.2 Å². The molecule has 1 atom stereocenters. The molecule has 4 heteroatoms. The van der Waals surface area contributed by atoms with E-state index in [1.165, 1.54) is 6.92 Å². The first-order chi connectivity index (χ1) is 6.56. The Hall–Kier alpha value is -0.410. The van der Waals surface area contributed by atoms with E-state index in [9.17, 15) is 9.18 Å². The fraction of sp³-hybridized carbons (Fsp3) is 0.300. The highest BCUT2D eigenvalue weighted by molar-refractivity contribution is 9.09. The summed E-state index contributed by atoms with van der Waals surface area (Å²) in [5, 5.41) is 0.503. The maximum atomic E-state index is 12.6. The second kappa shape index (κ2) is 4.89. The molecule has 0 aliphatic heterocycles. The van der Waals surface area contributed by atoms with Gasteiger partial charge in [0.05, 0.1) is 4.83 Å². The monoisotopic (exact) mass is 278 g/mol. The van der Waals surface area contributed by atoms with Gasteiger partial charge in [0.15, 0.2) is 0 Å². The van der Waals surface area contributed by atoms with Crippen molar-refractivity contribution in [3.05, 3.63) is 34.3 Å². The molecule has 0 heterocycles. The van der Waals surface area contributed by atoms with E-state index in [0.29, 0.717) is 16.1 Å². The summed E-state index contributed by atoms with van der Waals surface area (Å²) in [5.41, 5.74) is 1.10. The molecule has 0 aliphatic carbocycles. The molecule has 1 aromatic carbocycles. The molecule has 1 rings (SSSR count). The highest BCUT2D eigenvalue weighted by atomic mass is 79.9. The Bertz CT molecular complexity index is 354. The van der Waals surface area contributed by atoms with Gasteiger partial charge in [-0.2, -0.15) is 0 Å². The normalized spacial score (nSPS) is 12.6. The van der Waals surface area contributed by atoms with E-state index in [0.717, 1.165) is 0 Å². The topological polar surface area (TPSA) is 17.1 Å². The van der Waals surface area contributed by atoms with Crippen LogP contribution in [0.25, 0.3) is 0 Å². The van der Waals surface area contributed by atoms with Crippen LogP contribution in [-0.4, -0.2) is 5.78 Å². The summed E-state index contributed by atoms with van der Waals surface area (Å²) >= 11 is 8.97. The van der Waals surface area contributed by atoms with Crippen molar-refractivity contribution in [1.82, 2.24) is 0 Å². The molecule has 0 saturated carbocycles. The average molecular weight is 280 g/mol. The number of rotatable bonds is 3. The van der Waals surface area contributed by atoms with Crippen LogP contribution in [0.15, 0.2) is 18.2 Å². The molecule has 76 valence electrons. The minimum absolute atomic E-state index is 0.0676. The SMILES string of the molecule is CC(=O)C(Br)c1cc(Cl)ccc1CF. The predicted molar refractivity (Wildman–Crippen MR) is 58.6 cm³/mol. The molecular weight excluding hydrogens is 270 g/mol. The number of hydrogen-bond donors (Lipinski definition) is 0. The zero-order valence-corrected chi connectivity index (χ0v) is 9.90. The van der Waals surface area contributed by atoms with Gasteiger partial charge >= 0.3 is 0 Å². The largest absolute Gasteiger partial charge is 0.298 e. The standard InChI is InChI=1S/C10H9BrClFO/c1-6(14)10(11)9-4-8(12)3-2-7(9)5-13/h2-4,10H,5H2,1H3. The van der Waals surface area contributed by atoms with Crippen LogP contribution in [0.4, 0.5) is 4.39 Å². The van der Waals surface area contributed by atoms with Gasteiger partial charge in [-0.15, -0.1) is 0 Å². The Kier molecular flexibility index (Phi) is 4.08. The molecule has 0 fully saturated rings. The number of hydrogen-bond acceptors (Lipinski definition) is 1. The summed E-state index contributed by atoms with van der Waals surface area (Å²) in [6, 6.07) is 4.81. The van der Waals surface area contributed by atoms with Crippen LogP contribution in [0.3, 0.4) is 0 Å². The molecule has 0 saturated heterocycles. The second-order valence-electron chi connectivity index (χ2n) is 2.95. The first-order valence-electron chi connectivity index (χ1n) is 4.05. The first kappa shape index (κ1) is 11.7. The lowest BCUT2D eigenvalue weighted by molar-refractivity contribution is -0.116. The molecule has 1 aromatic rings. The fourth-order valence-electron chi connectivity index (χ4n) is 1.14. The highest BCUT2D eigenvalue weighted by Gasteiger charge is 2.16. The van der Waals surface area contributed by atoms with Gasteiger partial charge in [0.1, 0.15) is 12.5 Å². The Morgan fingerprint density at radius 2 is 2.29 bits per heavy atom. The Morgan fingerprint density at radius 1 is 1.64 bits per heavy atom. The van der Waals surface area contributed by atoms with Crippen molar-refractivity contribution in [1.29, 1.82) is 0 Å². The van der Waals surface area contributed by atoms with E-state index in [2.05, 4.69) is 15.9 Å². The third-order valence-electron chi connectivity index (χ3n) is 1.88. The second-order valence-corrected chi connectivity index (χ2v) is 4.30. The minimum atomic E-state index is -0.595. The summed E-state index contributed by atoms with van der Waals surface area (Å²) in [6.07, 6.45) is 0. The van der Waals surface area contributed by atoms with Crippen molar-refractivity contribution in [3.8, 4) is 0 Å². The maximum absolute atomic E-state index is 12.6. The Balaban J connectivity index is 3.16. The van der Waals surface area contributed by atoms with Gasteiger partial charge in [0.2, 0.25) is 0 Å². The number of carbonyl (C=O) groups is 1. The van der Waals surface area contributed by atoms with E-state index in [1.807, 2.05) is 0 Å². The predicted octanol–water partition coefficient (Wildman–Crippen LogP) is 3.83. The molecule has 0 bridgehead atoms. The third kappa shape index (κ3) is 2.55. The van der Waals surface area contributed by atoms with Gasteiger partial charge in [-0.3, -0.25) is 4.79 Å². The third-order valence-corrected chi connectivity index (χ3v) is 3.25. The molecule has 0 radical (unpaired) electrons. The first-order valence-corrected chi connectivity index (χ1v) is 5.34. The van der Waals surface area contributed by atoms with Crippen LogP contribution >= 0.6 is 27.5 Å². The molecule has 0 N–H and O–H groups in total. The van der Waals surface area contributed by atoms with Crippen molar-refractivity contribution in [2.45, 2.75) is 18.4 Å². The number of alkyl halides is 2. The van der Waals surface area contributed by atoms with Gasteiger partial charge in [-0.1, -0.05) is 33.6 Å². The lowest BCUT2D eigenvalue weighted by Gasteiger charge is -2.10. The average Bonchev–Trinajstić information content (AvgIpc) is 2.16. The lowest BCUT2D eigenvalue weighted by atomic mass is 10.0. The van der Waals surface area contributed by atoms with Gasteiger partial charge in [0, 0.05) is 5.02 Å². The number of carbonyl (C=O) groups excluding carboxylic acids is 1. The maximum Gasteiger partial charge on any atom is 0.147 e. The molecule has 0 aliphatic rings. The fourth-order valence-corrected chi connectivity index (χ4v) is 1.75. The van der Waals surface area contributed by atoms with E-state index in [1.54, 1.807) is 18.2 Å². The molecule has 1 unspecified atom stereocenters. The molecule has 14 heavy (non-hydrogen) atoms. The minimum Gasteiger partial charge on any atom is -0.298 e. The summed E-state index contributed by atoms with van der Waals surface area (Å²) in [7, 11) is 0. The van der Waals surface area contributed by atoms with Gasteiger partial charge in [-0.25, -0.2) is 4.39 Å². The number of ketones is 1. The van der Waals surface area contributed by atoms with E-state index in [4.69, 9.17) is 11.6 Å². The highest BCUT2D eigenvalue weighted by Crippen LogP contribution is 2.29. The van der Waals surface area contributed by atoms with Crippen LogP contribution < -0.4 is 0 Å². The zero-order valence-electron chi connectivity index (χ0n) is 7.56. The van der Waals surface area contributed by atoms with Crippen molar-refractivity contribution in [3.63, 3.8) is 0 Å². The van der Waals surface area contributed by atoms with Crippen molar-refractivity contribution in [2.24, 2.45) is 0 Å². The van der Waals surface area contributed by atoms with E-state index < -0.39 is 11.5 Å². The molecule has 0 spiro atoms. The van der Waals surface area contributed by atoms with E-state index in [-0.39, 0.29) is 5.78 Å². The van der Waals surface area contributed by atoms with Gasteiger partial charge in [0.25, 0.3) is 0 Å². The van der Waals surface area contributed by atoms with Crippen molar-refractivity contribution < 1.29 is 9.18 Å². The number of halogens is 3. The summed E-state index contributed by atoms with van der Waals surface area (Å²) in [4.78, 5) is 10.6.